The van der Waals surface area contributed by atoms with Crippen LogP contribution < -0.4 is 4.74 Å². The molecule has 1 aliphatic heterocycles. The van der Waals surface area contributed by atoms with Gasteiger partial charge in [0.1, 0.15) is 18.5 Å². The number of hydrogen-bond donors (Lipinski definition) is 1. The fraction of sp³-hybridized carbons (Fsp3) is 0.684. The Hall–Kier alpha value is -1.10. The van der Waals surface area contributed by atoms with Crippen LogP contribution in [-0.4, -0.2) is 55.1 Å². The number of aliphatic hydroxyl groups is 1. The zero-order valence-corrected chi connectivity index (χ0v) is 14.7. The molecule has 1 unspecified atom stereocenters. The van der Waals surface area contributed by atoms with E-state index in [1.165, 1.54) is 5.56 Å². The van der Waals surface area contributed by atoms with Crippen molar-refractivity contribution >= 4 is 0 Å². The molecule has 0 radical (unpaired) electrons. The second-order valence-corrected chi connectivity index (χ2v) is 7.01. The average Bonchev–Trinajstić information content (AvgIpc) is 2.53. The Labute approximate surface area is 140 Å². The fourth-order valence-corrected chi connectivity index (χ4v) is 2.76. The maximum atomic E-state index is 10.2. The second kappa shape index (κ2) is 9.26. The van der Waals surface area contributed by atoms with Gasteiger partial charge >= 0.3 is 0 Å². The summed E-state index contributed by atoms with van der Waals surface area (Å²) in [5, 5.41) is 10.2. The minimum absolute atomic E-state index is 0.340. The molecule has 0 saturated carbocycles. The van der Waals surface area contributed by atoms with Gasteiger partial charge in [-0.1, -0.05) is 31.5 Å². The van der Waals surface area contributed by atoms with E-state index in [4.69, 9.17) is 9.47 Å². The lowest BCUT2D eigenvalue weighted by Gasteiger charge is -2.33. The number of likely N-dealkylation sites (tertiary alicyclic amines) is 1. The first-order chi connectivity index (χ1) is 11.0. The highest BCUT2D eigenvalue weighted by Crippen LogP contribution is 2.16. The lowest BCUT2D eigenvalue weighted by molar-refractivity contribution is -0.0156. The summed E-state index contributed by atoms with van der Waals surface area (Å²) in [4.78, 5) is 2.30. The van der Waals surface area contributed by atoms with Crippen LogP contribution in [0, 0.1) is 12.8 Å². The van der Waals surface area contributed by atoms with E-state index in [1.807, 2.05) is 31.2 Å². The second-order valence-electron chi connectivity index (χ2n) is 7.01. The van der Waals surface area contributed by atoms with E-state index < -0.39 is 6.10 Å². The molecule has 1 aromatic rings. The molecule has 130 valence electrons. The molecule has 23 heavy (non-hydrogen) atoms. The zero-order valence-electron chi connectivity index (χ0n) is 14.7. The van der Waals surface area contributed by atoms with Crippen LogP contribution >= 0.6 is 0 Å². The number of hydrogen-bond acceptors (Lipinski definition) is 4. The van der Waals surface area contributed by atoms with Crippen LogP contribution in [-0.2, 0) is 4.74 Å². The van der Waals surface area contributed by atoms with Gasteiger partial charge in [0.25, 0.3) is 0 Å². The molecule has 1 atom stereocenters. The third-order valence-electron chi connectivity index (χ3n) is 4.13. The first kappa shape index (κ1) is 18.2. The van der Waals surface area contributed by atoms with E-state index in [0.717, 1.165) is 38.3 Å². The van der Waals surface area contributed by atoms with E-state index in [-0.39, 0.29) is 0 Å². The minimum atomic E-state index is -0.454. The topological polar surface area (TPSA) is 41.9 Å². The van der Waals surface area contributed by atoms with Crippen LogP contribution in [0.1, 0.15) is 32.3 Å². The van der Waals surface area contributed by atoms with Crippen LogP contribution in [0.4, 0.5) is 0 Å². The molecule has 1 aliphatic rings. The SMILES string of the molecule is Cc1ccc(OCC(O)CN2CCC(OCC(C)C)CC2)cc1. The number of β-amino-alcohol motifs (C(OH)–C–C–N with tert-alkyl or cyclic N) is 1. The fourth-order valence-electron chi connectivity index (χ4n) is 2.76. The standard InChI is InChI=1S/C19H31NO3/c1-15(2)13-22-19-8-10-20(11-9-19)12-17(21)14-23-18-6-4-16(3)5-7-18/h4-7,15,17,19,21H,8-14H2,1-3H3. The summed E-state index contributed by atoms with van der Waals surface area (Å²) in [5.41, 5.74) is 1.21. The van der Waals surface area contributed by atoms with Gasteiger partial charge in [0.15, 0.2) is 0 Å². The Bertz CT molecular complexity index is 438. The minimum Gasteiger partial charge on any atom is -0.491 e. The smallest absolute Gasteiger partial charge is 0.119 e. The van der Waals surface area contributed by atoms with Gasteiger partial charge in [-0.25, -0.2) is 0 Å². The molecule has 0 spiro atoms. The summed E-state index contributed by atoms with van der Waals surface area (Å²) in [7, 11) is 0. The Kier molecular flexibility index (Phi) is 7.34. The molecular weight excluding hydrogens is 290 g/mol. The number of aliphatic hydroxyl groups excluding tert-OH is 1. The summed E-state index contributed by atoms with van der Waals surface area (Å²) < 4.78 is 11.5. The number of rotatable bonds is 8. The van der Waals surface area contributed by atoms with Gasteiger partial charge in [0, 0.05) is 26.2 Å². The number of benzene rings is 1. The Morgan fingerprint density at radius 3 is 2.39 bits per heavy atom. The van der Waals surface area contributed by atoms with Crippen molar-refractivity contribution in [1.29, 1.82) is 0 Å². The summed E-state index contributed by atoms with van der Waals surface area (Å²) in [6.45, 7) is 10.2. The molecule has 1 N–H and O–H groups in total. The van der Waals surface area contributed by atoms with Gasteiger partial charge in [-0.2, -0.15) is 0 Å². The number of nitrogens with zero attached hydrogens (tertiary/aromatic N) is 1. The van der Waals surface area contributed by atoms with Crippen LogP contribution in [0.15, 0.2) is 24.3 Å². The van der Waals surface area contributed by atoms with E-state index in [0.29, 0.717) is 25.2 Å². The summed E-state index contributed by atoms with van der Waals surface area (Å²) in [5.74, 6) is 1.41. The molecule has 1 heterocycles. The average molecular weight is 321 g/mol. The van der Waals surface area contributed by atoms with Crippen molar-refractivity contribution in [2.75, 3.05) is 32.8 Å². The molecule has 0 aliphatic carbocycles. The molecule has 4 nitrogen and oxygen atoms in total. The van der Waals surface area contributed by atoms with Gasteiger partial charge in [-0.15, -0.1) is 0 Å². The van der Waals surface area contributed by atoms with E-state index in [2.05, 4.69) is 18.7 Å². The van der Waals surface area contributed by atoms with Crippen molar-refractivity contribution in [2.45, 2.75) is 45.8 Å². The lowest BCUT2D eigenvalue weighted by atomic mass is 10.1. The maximum absolute atomic E-state index is 10.2. The first-order valence-corrected chi connectivity index (χ1v) is 8.74. The van der Waals surface area contributed by atoms with E-state index in [1.54, 1.807) is 0 Å². The molecule has 0 bridgehead atoms. The van der Waals surface area contributed by atoms with Crippen molar-refractivity contribution in [2.24, 2.45) is 5.92 Å². The molecular formula is C19H31NO3. The van der Waals surface area contributed by atoms with Crippen molar-refractivity contribution in [3.05, 3.63) is 29.8 Å². The number of piperidine rings is 1. The van der Waals surface area contributed by atoms with Gasteiger partial charge < -0.3 is 19.5 Å². The number of aryl methyl sites for hydroxylation is 1. The van der Waals surface area contributed by atoms with Crippen LogP contribution in [0.2, 0.25) is 0 Å². The monoisotopic (exact) mass is 321 g/mol. The summed E-state index contributed by atoms with van der Waals surface area (Å²) in [6.07, 6.45) is 2.04. The highest BCUT2D eigenvalue weighted by Gasteiger charge is 2.21. The van der Waals surface area contributed by atoms with Gasteiger partial charge in [-0.05, 0) is 37.8 Å². The third kappa shape index (κ3) is 6.90. The first-order valence-electron chi connectivity index (χ1n) is 8.74. The largest absolute Gasteiger partial charge is 0.491 e. The third-order valence-corrected chi connectivity index (χ3v) is 4.13. The predicted molar refractivity (Wildman–Crippen MR) is 92.9 cm³/mol. The Balaban J connectivity index is 1.62. The molecule has 0 amide bonds. The van der Waals surface area contributed by atoms with Gasteiger partial charge in [0.05, 0.1) is 6.10 Å². The maximum Gasteiger partial charge on any atom is 0.119 e. The van der Waals surface area contributed by atoms with Gasteiger partial charge in [0.2, 0.25) is 0 Å². The Morgan fingerprint density at radius 1 is 1.13 bits per heavy atom. The highest BCUT2D eigenvalue weighted by molar-refractivity contribution is 5.26. The van der Waals surface area contributed by atoms with Crippen molar-refractivity contribution in [3.63, 3.8) is 0 Å². The molecule has 0 aromatic heterocycles. The number of ether oxygens (including phenoxy) is 2. The quantitative estimate of drug-likeness (QED) is 0.799. The van der Waals surface area contributed by atoms with Crippen molar-refractivity contribution in [1.82, 2.24) is 4.90 Å². The van der Waals surface area contributed by atoms with Crippen molar-refractivity contribution in [3.8, 4) is 5.75 Å². The van der Waals surface area contributed by atoms with Crippen molar-refractivity contribution < 1.29 is 14.6 Å². The highest BCUT2D eigenvalue weighted by atomic mass is 16.5. The molecule has 1 saturated heterocycles. The van der Waals surface area contributed by atoms with Crippen LogP contribution in [0.5, 0.6) is 5.75 Å². The predicted octanol–water partition coefficient (Wildman–Crippen LogP) is 2.87. The van der Waals surface area contributed by atoms with Crippen LogP contribution in [0.25, 0.3) is 0 Å². The molecule has 4 heteroatoms. The molecule has 1 aromatic carbocycles. The van der Waals surface area contributed by atoms with E-state index >= 15 is 0 Å². The van der Waals surface area contributed by atoms with Crippen LogP contribution in [0.3, 0.4) is 0 Å². The summed E-state index contributed by atoms with van der Waals surface area (Å²) >= 11 is 0. The van der Waals surface area contributed by atoms with Gasteiger partial charge in [-0.3, -0.25) is 0 Å². The Morgan fingerprint density at radius 2 is 1.78 bits per heavy atom. The molecule has 1 fully saturated rings. The normalized spacial score (nSPS) is 18.3. The van der Waals surface area contributed by atoms with E-state index in [9.17, 15) is 5.11 Å². The lowest BCUT2D eigenvalue weighted by Crippen LogP contribution is -2.42. The summed E-state index contributed by atoms with van der Waals surface area (Å²) in [6, 6.07) is 7.92. The molecule has 2 rings (SSSR count). The zero-order chi connectivity index (χ0) is 16.7.